The van der Waals surface area contributed by atoms with Crippen molar-refractivity contribution < 1.29 is 9.59 Å². The van der Waals surface area contributed by atoms with E-state index in [-0.39, 0.29) is 11.9 Å². The molecule has 0 atom stereocenters. The highest BCUT2D eigenvalue weighted by Crippen LogP contribution is 2.12. The molecule has 1 aliphatic rings. The molecule has 1 saturated heterocycles. The van der Waals surface area contributed by atoms with Crippen molar-refractivity contribution in [1.82, 2.24) is 9.80 Å². The van der Waals surface area contributed by atoms with Crippen LogP contribution in [0.25, 0.3) is 0 Å². The molecule has 1 heterocycles. The normalized spacial score (nSPS) is 14.6. The molecule has 0 spiro atoms. The summed E-state index contributed by atoms with van der Waals surface area (Å²) in [6, 6.07) is 7.61. The second-order valence-electron chi connectivity index (χ2n) is 5.49. The van der Waals surface area contributed by atoms with E-state index >= 15 is 0 Å². The van der Waals surface area contributed by atoms with Crippen molar-refractivity contribution >= 4 is 17.6 Å². The predicted molar refractivity (Wildman–Crippen MR) is 87.8 cm³/mol. The standard InChI is InChI=1S/C17H23N3O2/c1-3-4-8-16(21)19-9-11-20(12-10-19)17(22)18-15-7-5-6-14(2)13-15/h3,5-7,13H,1,4,8-12H2,2H3,(H,18,22). The SMILES string of the molecule is C=CCCC(=O)N1CCN(C(=O)Nc2cccc(C)c2)CC1. The van der Waals surface area contributed by atoms with E-state index in [0.717, 1.165) is 11.3 Å². The van der Waals surface area contributed by atoms with Crippen LogP contribution in [0.2, 0.25) is 0 Å². The largest absolute Gasteiger partial charge is 0.339 e. The summed E-state index contributed by atoms with van der Waals surface area (Å²) >= 11 is 0. The van der Waals surface area contributed by atoms with Crippen LogP contribution < -0.4 is 5.32 Å². The lowest BCUT2D eigenvalue weighted by molar-refractivity contribution is -0.132. The molecule has 0 radical (unpaired) electrons. The van der Waals surface area contributed by atoms with E-state index in [2.05, 4.69) is 11.9 Å². The zero-order valence-corrected chi connectivity index (χ0v) is 13.0. The second kappa shape index (κ2) is 7.64. The number of urea groups is 1. The number of benzene rings is 1. The molecule has 5 heteroatoms. The van der Waals surface area contributed by atoms with Crippen LogP contribution in [0.15, 0.2) is 36.9 Å². The summed E-state index contributed by atoms with van der Waals surface area (Å²) in [6.45, 7) is 7.94. The number of carbonyl (C=O) groups excluding carboxylic acids is 2. The minimum Gasteiger partial charge on any atom is -0.339 e. The summed E-state index contributed by atoms with van der Waals surface area (Å²) in [5, 5.41) is 2.90. The highest BCUT2D eigenvalue weighted by atomic mass is 16.2. The molecule has 1 aromatic rings. The van der Waals surface area contributed by atoms with Gasteiger partial charge in [-0.25, -0.2) is 4.79 Å². The van der Waals surface area contributed by atoms with Crippen LogP contribution in [0.3, 0.4) is 0 Å². The molecule has 3 amide bonds. The Hall–Kier alpha value is -2.30. The molecule has 118 valence electrons. The number of amides is 3. The molecule has 1 N–H and O–H groups in total. The number of piperazine rings is 1. The Labute approximate surface area is 131 Å². The van der Waals surface area contributed by atoms with Gasteiger partial charge >= 0.3 is 6.03 Å². The van der Waals surface area contributed by atoms with Gasteiger partial charge in [0.15, 0.2) is 0 Å². The number of allylic oxidation sites excluding steroid dienone is 1. The van der Waals surface area contributed by atoms with Crippen molar-refractivity contribution in [2.24, 2.45) is 0 Å². The molecule has 0 aromatic heterocycles. The molecule has 1 aromatic carbocycles. The molecule has 22 heavy (non-hydrogen) atoms. The molecular formula is C17H23N3O2. The van der Waals surface area contributed by atoms with Gasteiger partial charge in [0.1, 0.15) is 0 Å². The summed E-state index contributed by atoms with van der Waals surface area (Å²) in [5.74, 6) is 0.138. The number of hydrogen-bond acceptors (Lipinski definition) is 2. The van der Waals surface area contributed by atoms with Crippen molar-refractivity contribution in [3.8, 4) is 0 Å². The number of nitrogens with one attached hydrogen (secondary N) is 1. The zero-order valence-electron chi connectivity index (χ0n) is 13.0. The quantitative estimate of drug-likeness (QED) is 0.869. The van der Waals surface area contributed by atoms with Gasteiger partial charge in [-0.3, -0.25) is 4.79 Å². The number of aryl methyl sites for hydroxylation is 1. The summed E-state index contributed by atoms with van der Waals surface area (Å²) in [5.41, 5.74) is 1.91. The average molecular weight is 301 g/mol. The average Bonchev–Trinajstić information content (AvgIpc) is 2.52. The molecular weight excluding hydrogens is 278 g/mol. The fraction of sp³-hybridized carbons (Fsp3) is 0.412. The number of hydrogen-bond donors (Lipinski definition) is 1. The highest BCUT2D eigenvalue weighted by Gasteiger charge is 2.23. The third-order valence-corrected chi connectivity index (χ3v) is 3.75. The van der Waals surface area contributed by atoms with Gasteiger partial charge in [-0.15, -0.1) is 6.58 Å². The van der Waals surface area contributed by atoms with Crippen molar-refractivity contribution in [2.45, 2.75) is 19.8 Å². The van der Waals surface area contributed by atoms with E-state index in [1.54, 1.807) is 11.0 Å². The van der Waals surface area contributed by atoms with Gasteiger partial charge < -0.3 is 15.1 Å². The van der Waals surface area contributed by atoms with E-state index in [0.29, 0.717) is 39.0 Å². The lowest BCUT2D eigenvalue weighted by Crippen LogP contribution is -2.51. The van der Waals surface area contributed by atoms with E-state index in [9.17, 15) is 9.59 Å². The monoisotopic (exact) mass is 301 g/mol. The third-order valence-electron chi connectivity index (χ3n) is 3.75. The first kappa shape index (κ1) is 16.1. The fourth-order valence-electron chi connectivity index (χ4n) is 2.47. The second-order valence-corrected chi connectivity index (χ2v) is 5.49. The minimum absolute atomic E-state index is 0.108. The molecule has 5 nitrogen and oxygen atoms in total. The Bertz CT molecular complexity index is 549. The number of anilines is 1. The van der Waals surface area contributed by atoms with Crippen molar-refractivity contribution in [1.29, 1.82) is 0 Å². The molecule has 0 unspecified atom stereocenters. The first-order valence-corrected chi connectivity index (χ1v) is 7.61. The Kier molecular flexibility index (Phi) is 5.58. The maximum absolute atomic E-state index is 12.2. The fourth-order valence-corrected chi connectivity index (χ4v) is 2.47. The van der Waals surface area contributed by atoms with Crippen LogP contribution in [0.1, 0.15) is 18.4 Å². The summed E-state index contributed by atoms with van der Waals surface area (Å²) < 4.78 is 0. The topological polar surface area (TPSA) is 52.7 Å². The van der Waals surface area contributed by atoms with Crippen LogP contribution in [-0.4, -0.2) is 47.9 Å². The Balaban J connectivity index is 1.82. The maximum atomic E-state index is 12.2. The smallest absolute Gasteiger partial charge is 0.321 e. The van der Waals surface area contributed by atoms with E-state index < -0.39 is 0 Å². The van der Waals surface area contributed by atoms with Crippen LogP contribution in [0.5, 0.6) is 0 Å². The number of carbonyl (C=O) groups is 2. The van der Waals surface area contributed by atoms with Crippen molar-refractivity contribution in [3.05, 3.63) is 42.5 Å². The van der Waals surface area contributed by atoms with Crippen LogP contribution in [0, 0.1) is 6.92 Å². The van der Waals surface area contributed by atoms with Crippen LogP contribution >= 0.6 is 0 Å². The summed E-state index contributed by atoms with van der Waals surface area (Å²) in [6.07, 6.45) is 2.95. The highest BCUT2D eigenvalue weighted by molar-refractivity contribution is 5.89. The van der Waals surface area contributed by atoms with Gasteiger partial charge in [0, 0.05) is 38.3 Å². The summed E-state index contributed by atoms with van der Waals surface area (Å²) in [4.78, 5) is 27.7. The van der Waals surface area contributed by atoms with Crippen LogP contribution in [-0.2, 0) is 4.79 Å². The van der Waals surface area contributed by atoms with Crippen LogP contribution in [0.4, 0.5) is 10.5 Å². The van der Waals surface area contributed by atoms with Gasteiger partial charge in [-0.05, 0) is 31.0 Å². The maximum Gasteiger partial charge on any atom is 0.321 e. The van der Waals surface area contributed by atoms with Crippen molar-refractivity contribution in [2.75, 3.05) is 31.5 Å². The predicted octanol–water partition coefficient (Wildman–Crippen LogP) is 2.64. The minimum atomic E-state index is -0.108. The molecule has 0 saturated carbocycles. The molecule has 2 rings (SSSR count). The van der Waals surface area contributed by atoms with Gasteiger partial charge in [0.25, 0.3) is 0 Å². The first-order valence-electron chi connectivity index (χ1n) is 7.61. The molecule has 0 aliphatic carbocycles. The Morgan fingerprint density at radius 2 is 1.91 bits per heavy atom. The number of rotatable bonds is 4. The van der Waals surface area contributed by atoms with Gasteiger partial charge in [0.2, 0.25) is 5.91 Å². The molecule has 0 bridgehead atoms. The van der Waals surface area contributed by atoms with E-state index in [4.69, 9.17) is 0 Å². The van der Waals surface area contributed by atoms with E-state index in [1.165, 1.54) is 0 Å². The lowest BCUT2D eigenvalue weighted by Gasteiger charge is -2.34. The Morgan fingerprint density at radius 1 is 1.23 bits per heavy atom. The van der Waals surface area contributed by atoms with Crippen molar-refractivity contribution in [3.63, 3.8) is 0 Å². The summed E-state index contributed by atoms with van der Waals surface area (Å²) in [7, 11) is 0. The molecule has 1 aliphatic heterocycles. The number of nitrogens with zero attached hydrogens (tertiary/aromatic N) is 2. The van der Waals surface area contributed by atoms with Gasteiger partial charge in [-0.2, -0.15) is 0 Å². The third kappa shape index (κ3) is 4.35. The zero-order chi connectivity index (χ0) is 15.9. The van der Waals surface area contributed by atoms with Gasteiger partial charge in [0.05, 0.1) is 0 Å². The Morgan fingerprint density at radius 3 is 2.55 bits per heavy atom. The van der Waals surface area contributed by atoms with Gasteiger partial charge in [-0.1, -0.05) is 18.2 Å². The van der Waals surface area contributed by atoms with E-state index in [1.807, 2.05) is 36.1 Å². The first-order chi connectivity index (χ1) is 10.6. The molecule has 1 fully saturated rings. The lowest BCUT2D eigenvalue weighted by atomic mass is 10.2.